The maximum absolute atomic E-state index is 5.30. The van der Waals surface area contributed by atoms with E-state index in [0.717, 1.165) is 17.1 Å². The van der Waals surface area contributed by atoms with Crippen LogP contribution in [0.3, 0.4) is 0 Å². The van der Waals surface area contributed by atoms with Gasteiger partial charge in [-0.3, -0.25) is 0 Å². The first-order valence-electron chi connectivity index (χ1n) is 5.67. The van der Waals surface area contributed by atoms with E-state index in [2.05, 4.69) is 20.8 Å². The molecule has 0 rings (SSSR count). The van der Waals surface area contributed by atoms with E-state index in [0.29, 0.717) is 5.41 Å². The topological polar surface area (TPSA) is 9.23 Å². The van der Waals surface area contributed by atoms with E-state index in [4.69, 9.17) is 4.43 Å². The lowest BCUT2D eigenvalue weighted by molar-refractivity contribution is 0.189. The smallest absolute Gasteiger partial charge is 0.145 e. The van der Waals surface area contributed by atoms with Crippen molar-refractivity contribution < 1.29 is 4.43 Å². The van der Waals surface area contributed by atoms with Crippen molar-refractivity contribution in [1.29, 1.82) is 0 Å². The summed E-state index contributed by atoms with van der Waals surface area (Å²) >= 11 is 0. The number of rotatable bonds is 8. The molecular formula is C11H26OSi. The molecule has 0 aromatic carbocycles. The molecule has 0 aromatic heterocycles. The molecule has 0 heterocycles. The largest absolute Gasteiger partial charge is 0.428 e. The number of hydrogen-bond donors (Lipinski definition) is 0. The predicted octanol–water partition coefficient (Wildman–Crippen LogP) is 2.67. The van der Waals surface area contributed by atoms with Crippen LogP contribution in [0.2, 0.25) is 0 Å². The minimum Gasteiger partial charge on any atom is -0.428 e. The molecule has 2 heteroatoms. The van der Waals surface area contributed by atoms with E-state index in [1.807, 2.05) is 0 Å². The molecule has 1 nitrogen and oxygen atoms in total. The van der Waals surface area contributed by atoms with E-state index < -0.39 is 0 Å². The van der Waals surface area contributed by atoms with Gasteiger partial charge in [0.1, 0.15) is 10.5 Å². The molecule has 0 aliphatic heterocycles. The molecule has 0 aliphatic carbocycles. The van der Waals surface area contributed by atoms with Gasteiger partial charge in [0.25, 0.3) is 0 Å². The number of hydrogen-bond acceptors (Lipinski definition) is 1. The van der Waals surface area contributed by atoms with Crippen molar-refractivity contribution in [2.45, 2.75) is 59.3 Å². The van der Waals surface area contributed by atoms with Crippen molar-refractivity contribution in [2.75, 3.05) is 6.61 Å². The minimum atomic E-state index is 0.551. The Kier molecular flexibility index (Phi) is 7.67. The second-order valence-corrected chi connectivity index (χ2v) is 4.98. The maximum Gasteiger partial charge on any atom is 0.145 e. The molecule has 13 heavy (non-hydrogen) atoms. The van der Waals surface area contributed by atoms with Gasteiger partial charge in [0.05, 0.1) is 0 Å². The zero-order chi connectivity index (χ0) is 10.2. The Morgan fingerprint density at radius 1 is 1.08 bits per heavy atom. The van der Waals surface area contributed by atoms with Gasteiger partial charge in [0, 0.05) is 6.61 Å². The van der Waals surface area contributed by atoms with Crippen LogP contribution >= 0.6 is 0 Å². The molecule has 0 spiro atoms. The molecule has 0 saturated carbocycles. The quantitative estimate of drug-likeness (QED) is 0.550. The standard InChI is InChI=1S/C11H26OSi/c1-4-6-8-11(3,7-5-2)9-10-12-13/h4-10H2,1-3,13H3. The van der Waals surface area contributed by atoms with Gasteiger partial charge < -0.3 is 4.43 Å². The molecule has 0 saturated heterocycles. The van der Waals surface area contributed by atoms with Crippen LogP contribution in [-0.4, -0.2) is 17.1 Å². The second-order valence-electron chi connectivity index (χ2n) is 4.41. The van der Waals surface area contributed by atoms with Gasteiger partial charge >= 0.3 is 0 Å². The van der Waals surface area contributed by atoms with Gasteiger partial charge in [-0.1, -0.05) is 40.0 Å². The molecule has 0 amide bonds. The minimum absolute atomic E-state index is 0.551. The first-order valence-corrected chi connectivity index (χ1v) is 6.49. The molecule has 0 bridgehead atoms. The van der Waals surface area contributed by atoms with Crippen molar-refractivity contribution in [3.63, 3.8) is 0 Å². The van der Waals surface area contributed by atoms with Crippen molar-refractivity contribution in [3.05, 3.63) is 0 Å². The Balaban J connectivity index is 3.84. The SMILES string of the molecule is CCCCC(C)(CCC)CCO[SiH3]. The highest BCUT2D eigenvalue weighted by molar-refractivity contribution is 5.97. The van der Waals surface area contributed by atoms with E-state index in [1.54, 1.807) is 0 Å². The maximum atomic E-state index is 5.30. The summed E-state index contributed by atoms with van der Waals surface area (Å²) in [5.41, 5.74) is 0.551. The van der Waals surface area contributed by atoms with Gasteiger partial charge in [0.15, 0.2) is 0 Å². The molecule has 1 atom stereocenters. The summed E-state index contributed by atoms with van der Waals surface area (Å²) in [6, 6.07) is 0. The Morgan fingerprint density at radius 2 is 1.77 bits per heavy atom. The Hall–Kier alpha value is 0.177. The predicted molar refractivity (Wildman–Crippen MR) is 63.0 cm³/mol. The first kappa shape index (κ1) is 13.2. The summed E-state index contributed by atoms with van der Waals surface area (Å²) in [5, 5.41) is 0. The second kappa shape index (κ2) is 7.57. The van der Waals surface area contributed by atoms with Gasteiger partial charge in [0.2, 0.25) is 0 Å². The summed E-state index contributed by atoms with van der Waals surface area (Å²) in [7, 11) is 0.891. The van der Waals surface area contributed by atoms with Gasteiger partial charge in [-0.05, 0) is 24.7 Å². The molecule has 1 unspecified atom stereocenters. The first-order chi connectivity index (χ1) is 6.18. The zero-order valence-corrected chi connectivity index (χ0v) is 11.9. The van der Waals surface area contributed by atoms with Crippen LogP contribution in [0.15, 0.2) is 0 Å². The fourth-order valence-corrected chi connectivity index (χ4v) is 2.13. The van der Waals surface area contributed by atoms with Crippen LogP contribution in [0.1, 0.15) is 59.3 Å². The molecule has 0 aromatic rings. The van der Waals surface area contributed by atoms with Crippen molar-refractivity contribution in [3.8, 4) is 0 Å². The molecule has 0 aliphatic rings. The molecule has 0 radical (unpaired) electrons. The van der Waals surface area contributed by atoms with E-state index in [9.17, 15) is 0 Å². The third kappa shape index (κ3) is 6.27. The van der Waals surface area contributed by atoms with E-state index >= 15 is 0 Å². The van der Waals surface area contributed by atoms with Crippen LogP contribution in [0.25, 0.3) is 0 Å². The lowest BCUT2D eigenvalue weighted by Crippen LogP contribution is -2.18. The number of unbranched alkanes of at least 4 members (excludes halogenated alkanes) is 1. The Bertz CT molecular complexity index is 107. The lowest BCUT2D eigenvalue weighted by atomic mass is 9.78. The lowest BCUT2D eigenvalue weighted by Gasteiger charge is -2.29. The van der Waals surface area contributed by atoms with Crippen LogP contribution in [0.5, 0.6) is 0 Å². The highest BCUT2D eigenvalue weighted by Crippen LogP contribution is 2.33. The third-order valence-corrected chi connectivity index (χ3v) is 3.31. The van der Waals surface area contributed by atoms with Crippen molar-refractivity contribution in [2.24, 2.45) is 5.41 Å². The van der Waals surface area contributed by atoms with Gasteiger partial charge in [-0.25, -0.2) is 0 Å². The average molecular weight is 202 g/mol. The van der Waals surface area contributed by atoms with E-state index in [-0.39, 0.29) is 0 Å². The Labute approximate surface area is 86.8 Å². The van der Waals surface area contributed by atoms with Crippen molar-refractivity contribution >= 4 is 10.5 Å². The molecule has 0 N–H and O–H groups in total. The zero-order valence-electron chi connectivity index (χ0n) is 9.86. The van der Waals surface area contributed by atoms with Gasteiger partial charge in [-0.2, -0.15) is 0 Å². The summed E-state index contributed by atoms with van der Waals surface area (Å²) in [5.74, 6) is 0. The van der Waals surface area contributed by atoms with Gasteiger partial charge in [-0.15, -0.1) is 0 Å². The monoisotopic (exact) mass is 202 g/mol. The van der Waals surface area contributed by atoms with Crippen molar-refractivity contribution in [1.82, 2.24) is 0 Å². The molecule has 0 fully saturated rings. The third-order valence-electron chi connectivity index (χ3n) is 2.90. The van der Waals surface area contributed by atoms with Crippen LogP contribution in [0.4, 0.5) is 0 Å². The summed E-state index contributed by atoms with van der Waals surface area (Å²) in [6.45, 7) is 7.96. The van der Waals surface area contributed by atoms with E-state index in [1.165, 1.54) is 38.5 Å². The summed E-state index contributed by atoms with van der Waals surface area (Å²) < 4.78 is 5.30. The fraction of sp³-hybridized carbons (Fsp3) is 1.00. The van der Waals surface area contributed by atoms with Crippen LogP contribution in [-0.2, 0) is 4.43 Å². The fourth-order valence-electron chi connectivity index (χ4n) is 1.93. The highest BCUT2D eigenvalue weighted by Gasteiger charge is 2.21. The van der Waals surface area contributed by atoms with Crippen LogP contribution in [0, 0.1) is 5.41 Å². The molecule has 80 valence electrons. The average Bonchev–Trinajstić information content (AvgIpc) is 2.12. The van der Waals surface area contributed by atoms with Crippen LogP contribution < -0.4 is 0 Å². The normalized spacial score (nSPS) is 15.9. The summed E-state index contributed by atoms with van der Waals surface area (Å²) in [4.78, 5) is 0. The summed E-state index contributed by atoms with van der Waals surface area (Å²) in [6.07, 6.45) is 7.99. The molecular weight excluding hydrogens is 176 g/mol. The highest BCUT2D eigenvalue weighted by atomic mass is 28.2. The Morgan fingerprint density at radius 3 is 2.23 bits per heavy atom.